The highest BCUT2D eigenvalue weighted by molar-refractivity contribution is 7.07. The van der Waals surface area contributed by atoms with E-state index in [1.165, 1.54) is 37.7 Å². The van der Waals surface area contributed by atoms with E-state index in [0.717, 1.165) is 18.4 Å². The summed E-state index contributed by atoms with van der Waals surface area (Å²) in [6.07, 6.45) is 6.92. The zero-order valence-corrected chi connectivity index (χ0v) is 11.9. The Morgan fingerprint density at radius 3 is 3.00 bits per heavy atom. The lowest BCUT2D eigenvalue weighted by atomic mass is 9.77. The lowest BCUT2D eigenvalue weighted by Gasteiger charge is -2.33. The molecule has 3 atom stereocenters. The topological polar surface area (TPSA) is 12.0 Å². The zero-order chi connectivity index (χ0) is 12.1. The van der Waals surface area contributed by atoms with Gasteiger partial charge in [-0.2, -0.15) is 11.3 Å². The van der Waals surface area contributed by atoms with Crippen LogP contribution in [0, 0.1) is 11.8 Å². The molecule has 0 saturated heterocycles. The van der Waals surface area contributed by atoms with E-state index in [1.807, 2.05) is 11.3 Å². The Morgan fingerprint density at radius 1 is 1.47 bits per heavy atom. The molecule has 96 valence electrons. The maximum absolute atomic E-state index is 3.72. The quantitative estimate of drug-likeness (QED) is 0.831. The van der Waals surface area contributed by atoms with Crippen LogP contribution in [0.15, 0.2) is 16.8 Å². The van der Waals surface area contributed by atoms with E-state index in [-0.39, 0.29) is 0 Å². The van der Waals surface area contributed by atoms with Crippen LogP contribution in [0.4, 0.5) is 0 Å². The fraction of sp³-hybridized carbons (Fsp3) is 0.733. The number of likely N-dealkylation sites (N-methyl/N-ethyl adjacent to an activating group) is 1. The molecule has 2 rings (SSSR count). The molecule has 0 spiro atoms. The van der Waals surface area contributed by atoms with E-state index in [2.05, 4.69) is 36.0 Å². The molecule has 1 N–H and O–H groups in total. The van der Waals surface area contributed by atoms with Crippen molar-refractivity contribution < 1.29 is 0 Å². The van der Waals surface area contributed by atoms with Gasteiger partial charge in [0.15, 0.2) is 0 Å². The second kappa shape index (κ2) is 6.55. The van der Waals surface area contributed by atoms with Crippen LogP contribution in [-0.2, 0) is 6.42 Å². The van der Waals surface area contributed by atoms with E-state index >= 15 is 0 Å². The Kier molecular flexibility index (Phi) is 5.05. The Morgan fingerprint density at radius 2 is 2.35 bits per heavy atom. The Balaban J connectivity index is 1.95. The maximum Gasteiger partial charge on any atom is 0.0136 e. The molecule has 2 heteroatoms. The van der Waals surface area contributed by atoms with Gasteiger partial charge in [-0.1, -0.05) is 26.7 Å². The number of thiophene rings is 1. The van der Waals surface area contributed by atoms with Gasteiger partial charge in [0.25, 0.3) is 0 Å². The molecule has 1 aliphatic rings. The lowest BCUT2D eigenvalue weighted by molar-refractivity contribution is 0.223. The van der Waals surface area contributed by atoms with Gasteiger partial charge in [-0.15, -0.1) is 0 Å². The van der Waals surface area contributed by atoms with Crippen molar-refractivity contribution in [3.05, 3.63) is 22.4 Å². The average Bonchev–Trinajstić information content (AvgIpc) is 2.81. The van der Waals surface area contributed by atoms with Crippen molar-refractivity contribution in [1.29, 1.82) is 0 Å². The molecule has 1 fully saturated rings. The third-order valence-electron chi connectivity index (χ3n) is 4.05. The molecular formula is C15H25NS. The van der Waals surface area contributed by atoms with Gasteiger partial charge in [0.05, 0.1) is 0 Å². The number of nitrogens with one attached hydrogen (secondary N) is 1. The minimum absolute atomic E-state index is 0.692. The Bertz CT molecular complexity index is 307. The molecule has 1 aromatic heterocycles. The van der Waals surface area contributed by atoms with Gasteiger partial charge in [0, 0.05) is 6.04 Å². The van der Waals surface area contributed by atoms with Crippen molar-refractivity contribution in [2.75, 3.05) is 6.54 Å². The normalized spacial score (nSPS) is 26.9. The first-order valence-corrected chi connectivity index (χ1v) is 7.98. The predicted molar refractivity (Wildman–Crippen MR) is 76.6 cm³/mol. The molecule has 1 heterocycles. The summed E-state index contributed by atoms with van der Waals surface area (Å²) in [5.41, 5.74) is 1.51. The van der Waals surface area contributed by atoms with Crippen molar-refractivity contribution in [3.8, 4) is 0 Å². The first-order valence-electron chi connectivity index (χ1n) is 7.04. The van der Waals surface area contributed by atoms with Crippen LogP contribution in [0.25, 0.3) is 0 Å². The Hall–Kier alpha value is -0.340. The van der Waals surface area contributed by atoms with Gasteiger partial charge < -0.3 is 5.32 Å². The first kappa shape index (κ1) is 13.1. The van der Waals surface area contributed by atoms with Crippen LogP contribution < -0.4 is 5.32 Å². The van der Waals surface area contributed by atoms with Gasteiger partial charge in [-0.25, -0.2) is 0 Å². The van der Waals surface area contributed by atoms with Crippen molar-refractivity contribution >= 4 is 11.3 Å². The molecule has 0 aliphatic heterocycles. The van der Waals surface area contributed by atoms with Crippen molar-refractivity contribution in [2.24, 2.45) is 11.8 Å². The monoisotopic (exact) mass is 251 g/mol. The summed E-state index contributed by atoms with van der Waals surface area (Å²) in [6.45, 7) is 5.74. The molecule has 0 bridgehead atoms. The molecule has 0 aromatic carbocycles. The fourth-order valence-corrected chi connectivity index (χ4v) is 3.86. The third kappa shape index (κ3) is 3.82. The smallest absolute Gasteiger partial charge is 0.0136 e. The summed E-state index contributed by atoms with van der Waals surface area (Å²) >= 11 is 1.82. The molecule has 0 amide bonds. The number of hydrogen-bond donors (Lipinski definition) is 1. The molecule has 1 aliphatic carbocycles. The summed E-state index contributed by atoms with van der Waals surface area (Å²) in [5.74, 6) is 1.82. The summed E-state index contributed by atoms with van der Waals surface area (Å²) in [6, 6.07) is 2.97. The summed E-state index contributed by atoms with van der Waals surface area (Å²) in [4.78, 5) is 0. The highest BCUT2D eigenvalue weighted by atomic mass is 32.1. The van der Waals surface area contributed by atoms with E-state index in [0.29, 0.717) is 6.04 Å². The van der Waals surface area contributed by atoms with Gasteiger partial charge in [-0.3, -0.25) is 0 Å². The van der Waals surface area contributed by atoms with Gasteiger partial charge >= 0.3 is 0 Å². The standard InChI is InChI=1S/C15H25NS/c1-3-16-15(10-13-7-8-17-11-13)14-6-4-5-12(2)9-14/h7-8,11-12,14-16H,3-6,9-10H2,1-2H3. The van der Waals surface area contributed by atoms with Crippen LogP contribution in [-0.4, -0.2) is 12.6 Å². The van der Waals surface area contributed by atoms with Crippen LogP contribution in [0.2, 0.25) is 0 Å². The van der Waals surface area contributed by atoms with E-state index in [4.69, 9.17) is 0 Å². The van der Waals surface area contributed by atoms with E-state index < -0.39 is 0 Å². The van der Waals surface area contributed by atoms with E-state index in [9.17, 15) is 0 Å². The van der Waals surface area contributed by atoms with Crippen molar-refractivity contribution in [2.45, 2.75) is 52.0 Å². The van der Waals surface area contributed by atoms with Crippen LogP contribution in [0.1, 0.15) is 45.1 Å². The lowest BCUT2D eigenvalue weighted by Crippen LogP contribution is -2.39. The van der Waals surface area contributed by atoms with Gasteiger partial charge in [0.1, 0.15) is 0 Å². The second-order valence-electron chi connectivity index (χ2n) is 5.53. The minimum atomic E-state index is 0.692. The molecule has 1 nitrogen and oxygen atoms in total. The molecule has 1 aromatic rings. The molecular weight excluding hydrogens is 226 g/mol. The Labute approximate surface area is 110 Å². The average molecular weight is 251 g/mol. The van der Waals surface area contributed by atoms with Crippen LogP contribution in [0.3, 0.4) is 0 Å². The SMILES string of the molecule is CCNC(Cc1ccsc1)C1CCCC(C)C1. The van der Waals surface area contributed by atoms with Gasteiger partial charge in [0.2, 0.25) is 0 Å². The summed E-state index contributed by atoms with van der Waals surface area (Å²) in [7, 11) is 0. The fourth-order valence-electron chi connectivity index (χ4n) is 3.18. The maximum atomic E-state index is 3.72. The largest absolute Gasteiger partial charge is 0.314 e. The van der Waals surface area contributed by atoms with Crippen LogP contribution >= 0.6 is 11.3 Å². The van der Waals surface area contributed by atoms with Crippen molar-refractivity contribution in [1.82, 2.24) is 5.32 Å². The van der Waals surface area contributed by atoms with Crippen molar-refractivity contribution in [3.63, 3.8) is 0 Å². The minimum Gasteiger partial charge on any atom is -0.314 e. The number of rotatable bonds is 5. The summed E-state index contributed by atoms with van der Waals surface area (Å²) in [5, 5.41) is 8.21. The molecule has 1 saturated carbocycles. The highest BCUT2D eigenvalue weighted by Crippen LogP contribution is 2.32. The first-order chi connectivity index (χ1) is 8.29. The third-order valence-corrected chi connectivity index (χ3v) is 4.78. The summed E-state index contributed by atoms with van der Waals surface area (Å²) < 4.78 is 0. The van der Waals surface area contributed by atoms with Crippen LogP contribution in [0.5, 0.6) is 0 Å². The second-order valence-corrected chi connectivity index (χ2v) is 6.31. The highest BCUT2D eigenvalue weighted by Gasteiger charge is 2.26. The molecule has 3 unspecified atom stereocenters. The molecule has 0 radical (unpaired) electrons. The molecule has 17 heavy (non-hydrogen) atoms. The predicted octanol–water partition coefficient (Wildman–Crippen LogP) is 4.10. The van der Waals surface area contributed by atoms with E-state index in [1.54, 1.807) is 0 Å². The number of hydrogen-bond acceptors (Lipinski definition) is 2. The zero-order valence-electron chi connectivity index (χ0n) is 11.1. The van der Waals surface area contributed by atoms with Gasteiger partial charge in [-0.05, 0) is 60.0 Å².